The smallest absolute Gasteiger partial charge is 0.0833 e. The van der Waals surface area contributed by atoms with Crippen molar-refractivity contribution in [1.29, 1.82) is 0 Å². The van der Waals surface area contributed by atoms with Crippen molar-refractivity contribution in [3.63, 3.8) is 0 Å². The molecule has 0 aromatic rings. The van der Waals surface area contributed by atoms with Crippen LogP contribution in [0.4, 0.5) is 0 Å². The van der Waals surface area contributed by atoms with E-state index < -0.39 is 0 Å². The third-order valence-corrected chi connectivity index (χ3v) is 3.83. The van der Waals surface area contributed by atoms with E-state index >= 15 is 0 Å². The summed E-state index contributed by atoms with van der Waals surface area (Å²) in [6.45, 7) is 5.11. The highest BCUT2D eigenvalue weighted by Crippen LogP contribution is 2.37. The summed E-state index contributed by atoms with van der Waals surface area (Å²) >= 11 is 0. The van der Waals surface area contributed by atoms with E-state index in [9.17, 15) is 0 Å². The third kappa shape index (κ3) is 3.23. The molecule has 0 amide bonds. The van der Waals surface area contributed by atoms with Crippen LogP contribution in [0.1, 0.15) is 52.4 Å². The molecule has 1 saturated carbocycles. The maximum atomic E-state index is 6.28. The number of terminal acetylenes is 1. The van der Waals surface area contributed by atoms with Crippen LogP contribution in [0, 0.1) is 18.3 Å². The van der Waals surface area contributed by atoms with Gasteiger partial charge in [0.25, 0.3) is 0 Å². The second-order valence-corrected chi connectivity index (χ2v) is 5.03. The quantitative estimate of drug-likeness (QED) is 0.727. The van der Waals surface area contributed by atoms with E-state index in [1.54, 1.807) is 0 Å². The van der Waals surface area contributed by atoms with Gasteiger partial charge in [-0.1, -0.05) is 6.92 Å². The first-order chi connectivity index (χ1) is 7.64. The highest BCUT2D eigenvalue weighted by molar-refractivity contribution is 4.97. The fraction of sp³-hybridized carbons (Fsp3) is 0.857. The molecule has 1 rings (SSSR count). The predicted molar refractivity (Wildman–Crippen MR) is 68.0 cm³/mol. The average molecular weight is 223 g/mol. The van der Waals surface area contributed by atoms with Gasteiger partial charge in [-0.3, -0.25) is 0 Å². The van der Waals surface area contributed by atoms with Gasteiger partial charge in [0.15, 0.2) is 0 Å². The van der Waals surface area contributed by atoms with Gasteiger partial charge in [-0.05, 0) is 44.9 Å². The van der Waals surface area contributed by atoms with Crippen LogP contribution in [0.5, 0.6) is 0 Å². The van der Waals surface area contributed by atoms with Gasteiger partial charge in [-0.25, -0.2) is 0 Å². The van der Waals surface area contributed by atoms with Crippen LogP contribution in [0.3, 0.4) is 0 Å². The Morgan fingerprint density at radius 1 is 1.50 bits per heavy atom. The third-order valence-electron chi connectivity index (χ3n) is 3.83. The minimum Gasteiger partial charge on any atom is -0.374 e. The normalized spacial score (nSPS) is 32.0. The van der Waals surface area contributed by atoms with Crippen LogP contribution in [0.2, 0.25) is 0 Å². The molecule has 1 fully saturated rings. The molecule has 2 nitrogen and oxygen atoms in total. The van der Waals surface area contributed by atoms with Crippen molar-refractivity contribution in [3.8, 4) is 12.3 Å². The molecule has 0 radical (unpaired) electrons. The second-order valence-electron chi connectivity index (χ2n) is 5.03. The Hall–Kier alpha value is -0.520. The van der Waals surface area contributed by atoms with Crippen LogP contribution in [-0.2, 0) is 4.74 Å². The molecule has 0 aromatic carbocycles. The Bertz CT molecular complexity index is 236. The van der Waals surface area contributed by atoms with Gasteiger partial charge in [0.2, 0.25) is 0 Å². The monoisotopic (exact) mass is 223 g/mol. The van der Waals surface area contributed by atoms with Gasteiger partial charge in [0, 0.05) is 19.1 Å². The van der Waals surface area contributed by atoms with Crippen molar-refractivity contribution < 1.29 is 4.74 Å². The number of ether oxygens (including phenoxy) is 1. The second kappa shape index (κ2) is 6.27. The molecule has 1 atom stereocenters. The van der Waals surface area contributed by atoms with Gasteiger partial charge in [0.05, 0.1) is 5.60 Å². The molecular formula is C14H25NO. The van der Waals surface area contributed by atoms with E-state index in [1.165, 1.54) is 12.8 Å². The molecule has 1 unspecified atom stereocenters. The Labute approximate surface area is 99.9 Å². The Morgan fingerprint density at radius 3 is 2.62 bits per heavy atom. The lowest BCUT2D eigenvalue weighted by molar-refractivity contribution is -0.0896. The van der Waals surface area contributed by atoms with Crippen molar-refractivity contribution in [1.82, 2.24) is 0 Å². The molecule has 1 aliphatic carbocycles. The first kappa shape index (κ1) is 13.5. The molecule has 1 aliphatic rings. The van der Waals surface area contributed by atoms with Gasteiger partial charge >= 0.3 is 0 Å². The van der Waals surface area contributed by atoms with Crippen molar-refractivity contribution in [2.75, 3.05) is 6.61 Å². The van der Waals surface area contributed by atoms with Gasteiger partial charge in [0.1, 0.15) is 0 Å². The topological polar surface area (TPSA) is 35.2 Å². The van der Waals surface area contributed by atoms with Crippen LogP contribution in [0.25, 0.3) is 0 Å². The molecule has 0 aromatic heterocycles. The summed E-state index contributed by atoms with van der Waals surface area (Å²) < 4.78 is 5.98. The largest absolute Gasteiger partial charge is 0.374 e. The summed E-state index contributed by atoms with van der Waals surface area (Å²) in [5.41, 5.74) is 6.18. The fourth-order valence-electron chi connectivity index (χ4n) is 2.66. The first-order valence-corrected chi connectivity index (χ1v) is 6.47. The zero-order chi connectivity index (χ0) is 12.0. The molecule has 0 aliphatic heterocycles. The minimum absolute atomic E-state index is 0.0935. The van der Waals surface area contributed by atoms with Crippen molar-refractivity contribution in [2.45, 2.75) is 64.0 Å². The summed E-state index contributed by atoms with van der Waals surface area (Å²) in [7, 11) is 0. The van der Waals surface area contributed by atoms with Gasteiger partial charge < -0.3 is 10.5 Å². The zero-order valence-electron chi connectivity index (χ0n) is 10.7. The average Bonchev–Trinajstić information content (AvgIpc) is 2.29. The molecule has 16 heavy (non-hydrogen) atoms. The summed E-state index contributed by atoms with van der Waals surface area (Å²) in [6.07, 6.45) is 11.6. The highest BCUT2D eigenvalue weighted by Gasteiger charge is 2.39. The van der Waals surface area contributed by atoms with E-state index in [0.29, 0.717) is 0 Å². The lowest BCUT2D eigenvalue weighted by atomic mass is 9.74. The number of hydrogen-bond donors (Lipinski definition) is 1. The first-order valence-electron chi connectivity index (χ1n) is 6.47. The molecule has 92 valence electrons. The number of hydrogen-bond acceptors (Lipinski definition) is 2. The van der Waals surface area contributed by atoms with Crippen molar-refractivity contribution >= 4 is 0 Å². The maximum absolute atomic E-state index is 6.28. The summed E-state index contributed by atoms with van der Waals surface area (Å²) in [5.74, 6) is 3.48. The lowest BCUT2D eigenvalue weighted by Gasteiger charge is -2.43. The van der Waals surface area contributed by atoms with E-state index in [0.717, 1.165) is 38.2 Å². The molecule has 0 saturated heterocycles. The summed E-state index contributed by atoms with van der Waals surface area (Å²) in [6, 6.07) is 0.0935. The maximum Gasteiger partial charge on any atom is 0.0833 e. The predicted octanol–water partition coefficient (Wildman–Crippen LogP) is 2.71. The standard InChI is InChI=1S/C14H25NO/c1-4-6-7-13(15)14(16-5-2)10-8-12(3)9-11-14/h1,12-13H,5-11,15H2,2-3H3. The number of rotatable bonds is 5. The van der Waals surface area contributed by atoms with Crippen LogP contribution < -0.4 is 5.73 Å². The van der Waals surface area contributed by atoms with Crippen LogP contribution in [-0.4, -0.2) is 18.2 Å². The molecule has 2 N–H and O–H groups in total. The Kier molecular flexibility index (Phi) is 5.31. The highest BCUT2D eigenvalue weighted by atomic mass is 16.5. The summed E-state index contributed by atoms with van der Waals surface area (Å²) in [4.78, 5) is 0. The van der Waals surface area contributed by atoms with E-state index in [-0.39, 0.29) is 11.6 Å². The molecule has 0 bridgehead atoms. The molecule has 2 heteroatoms. The Balaban J connectivity index is 2.61. The van der Waals surface area contributed by atoms with Crippen molar-refractivity contribution in [3.05, 3.63) is 0 Å². The van der Waals surface area contributed by atoms with Gasteiger partial charge in [-0.2, -0.15) is 0 Å². The fourth-order valence-corrected chi connectivity index (χ4v) is 2.66. The van der Waals surface area contributed by atoms with Crippen LogP contribution >= 0.6 is 0 Å². The molecule has 0 spiro atoms. The van der Waals surface area contributed by atoms with Gasteiger partial charge in [-0.15, -0.1) is 12.3 Å². The van der Waals surface area contributed by atoms with E-state index in [1.807, 2.05) is 6.92 Å². The van der Waals surface area contributed by atoms with Crippen molar-refractivity contribution in [2.24, 2.45) is 11.7 Å². The number of nitrogens with two attached hydrogens (primary N) is 1. The Morgan fingerprint density at radius 2 is 2.12 bits per heavy atom. The van der Waals surface area contributed by atoms with E-state index in [2.05, 4.69) is 12.8 Å². The lowest BCUT2D eigenvalue weighted by Crippen LogP contribution is -2.52. The summed E-state index contributed by atoms with van der Waals surface area (Å²) in [5, 5.41) is 0. The van der Waals surface area contributed by atoms with Crippen LogP contribution in [0.15, 0.2) is 0 Å². The minimum atomic E-state index is -0.0991. The molecular weight excluding hydrogens is 198 g/mol. The SMILES string of the molecule is C#CCCC(N)C1(OCC)CCC(C)CC1. The van der Waals surface area contributed by atoms with E-state index in [4.69, 9.17) is 16.9 Å². The molecule has 0 heterocycles. The zero-order valence-corrected chi connectivity index (χ0v) is 10.7.